The maximum absolute atomic E-state index is 9.98. The van der Waals surface area contributed by atoms with Gasteiger partial charge in [0.15, 0.2) is 0 Å². The van der Waals surface area contributed by atoms with Crippen molar-refractivity contribution in [3.8, 4) is 0 Å². The molecular weight excluding hydrogens is 172 g/mol. The zero-order valence-corrected chi connectivity index (χ0v) is 7.45. The number of hydrogen-bond donors (Lipinski definition) is 3. The van der Waals surface area contributed by atoms with Crippen LogP contribution in [0, 0.1) is 0 Å². The van der Waals surface area contributed by atoms with E-state index in [0.717, 1.165) is 13.1 Å². The van der Waals surface area contributed by atoms with Gasteiger partial charge in [0.05, 0.1) is 0 Å². The normalized spacial score (nSPS) is 9.80. The molecule has 5 nitrogen and oxygen atoms in total. The molecule has 0 aromatic carbocycles. The summed E-state index contributed by atoms with van der Waals surface area (Å²) in [5, 5.41) is 3.01. The van der Waals surface area contributed by atoms with E-state index in [1.807, 2.05) is 6.92 Å². The molecule has 3 N–H and O–H groups in total. The Morgan fingerprint density at radius 3 is 2.80 bits per heavy atom. The molecule has 0 aliphatic carbocycles. The summed E-state index contributed by atoms with van der Waals surface area (Å²) in [5.74, 6) is 0. The van der Waals surface area contributed by atoms with Crippen LogP contribution in [0.15, 0.2) is 0 Å². The average molecular weight is 184 g/mol. The van der Waals surface area contributed by atoms with Gasteiger partial charge in [-0.2, -0.15) is 0 Å². The van der Waals surface area contributed by atoms with E-state index in [2.05, 4.69) is 14.2 Å². The first kappa shape index (κ1) is 10.4. The van der Waals surface area contributed by atoms with Gasteiger partial charge in [0, 0.05) is 0 Å². The molecule has 0 unspecified atom stereocenters. The Labute approximate surface area is 66.8 Å². The number of nitrogens with one attached hydrogen (secondary N) is 2. The van der Waals surface area contributed by atoms with Gasteiger partial charge in [-0.25, -0.2) is 0 Å². The third kappa shape index (κ3) is 8.35. The van der Waals surface area contributed by atoms with Gasteiger partial charge in [-0.15, -0.1) is 0 Å². The molecule has 60 valence electrons. The van der Waals surface area contributed by atoms with Crippen molar-refractivity contribution in [2.45, 2.75) is 6.92 Å². The van der Waals surface area contributed by atoms with Crippen LogP contribution in [-0.2, 0) is 25.4 Å². The first-order valence-electron chi connectivity index (χ1n) is 3.10. The van der Waals surface area contributed by atoms with Gasteiger partial charge in [0.2, 0.25) is 0 Å². The van der Waals surface area contributed by atoms with E-state index in [1.165, 1.54) is 0 Å². The summed E-state index contributed by atoms with van der Waals surface area (Å²) >= 11 is -3.34. The predicted octanol–water partition coefficient (Wildman–Crippen LogP) is -1.10. The molecular formula is C4H12N2O3Ti. The van der Waals surface area contributed by atoms with Crippen LogP contribution in [0.1, 0.15) is 6.92 Å². The van der Waals surface area contributed by atoms with E-state index in [4.69, 9.17) is 3.69 Å². The van der Waals surface area contributed by atoms with Crippen LogP contribution in [0.2, 0.25) is 0 Å². The molecule has 0 saturated heterocycles. The zero-order chi connectivity index (χ0) is 7.82. The molecule has 0 rings (SSSR count). The molecule has 0 aromatic rings. The maximum atomic E-state index is 9.98. The Balaban J connectivity index is 2.84. The number of hydrogen-bond acceptors (Lipinski definition) is 4. The van der Waals surface area contributed by atoms with Gasteiger partial charge >= 0.3 is 66.4 Å². The van der Waals surface area contributed by atoms with Crippen LogP contribution in [0.25, 0.3) is 0 Å². The van der Waals surface area contributed by atoms with Gasteiger partial charge in [-0.3, -0.25) is 0 Å². The molecule has 0 heterocycles. The van der Waals surface area contributed by atoms with Gasteiger partial charge in [-0.1, -0.05) is 0 Å². The fraction of sp³-hybridized carbons (Fsp3) is 1.00. The van der Waals surface area contributed by atoms with Crippen molar-refractivity contribution in [2.24, 2.45) is 0 Å². The van der Waals surface area contributed by atoms with Crippen molar-refractivity contribution in [1.29, 1.82) is 0 Å². The first-order chi connectivity index (χ1) is 4.77. The van der Waals surface area contributed by atoms with Crippen molar-refractivity contribution in [2.75, 3.05) is 19.6 Å². The summed E-state index contributed by atoms with van der Waals surface area (Å²) in [6, 6.07) is 0. The topological polar surface area (TPSA) is 70.6 Å². The Hall–Kier alpha value is 0.354. The molecule has 0 amide bonds. The number of likely N-dealkylation sites (N-methyl/N-ethyl adjacent to an activating group) is 1. The second-order valence-corrected chi connectivity index (χ2v) is 2.77. The average Bonchev–Trinajstić information content (AvgIpc) is 1.87. The number of rotatable bonds is 6. The first-order valence-corrected chi connectivity index (χ1v) is 5.08. The van der Waals surface area contributed by atoms with Crippen molar-refractivity contribution in [1.82, 2.24) is 10.8 Å². The van der Waals surface area contributed by atoms with E-state index in [1.54, 1.807) is 0 Å². The van der Waals surface area contributed by atoms with E-state index < -0.39 is 18.6 Å². The second kappa shape index (κ2) is 7.46. The van der Waals surface area contributed by atoms with Crippen molar-refractivity contribution < 1.29 is 29.0 Å². The molecule has 0 radical (unpaired) electrons. The van der Waals surface area contributed by atoms with Crippen molar-refractivity contribution in [3.05, 3.63) is 0 Å². The zero-order valence-electron chi connectivity index (χ0n) is 5.89. The molecule has 0 bridgehead atoms. The summed E-state index contributed by atoms with van der Waals surface area (Å²) in [6.45, 7) is 4.16. The van der Waals surface area contributed by atoms with Crippen LogP contribution >= 0.6 is 0 Å². The second-order valence-electron chi connectivity index (χ2n) is 1.62. The molecule has 0 atom stereocenters. The third-order valence-electron chi connectivity index (χ3n) is 0.813. The van der Waals surface area contributed by atoms with E-state index in [9.17, 15) is 3.32 Å². The van der Waals surface area contributed by atoms with E-state index >= 15 is 0 Å². The summed E-state index contributed by atoms with van der Waals surface area (Å²) in [6.07, 6.45) is 0. The van der Waals surface area contributed by atoms with Crippen LogP contribution < -0.4 is 10.8 Å². The Kier molecular flexibility index (Phi) is 7.73. The predicted molar refractivity (Wildman–Crippen MR) is 30.5 cm³/mol. The minimum atomic E-state index is -3.34. The SMILES string of the molecule is CCNCCN[O][Ti](=[O])[OH]. The van der Waals surface area contributed by atoms with Crippen LogP contribution in [0.4, 0.5) is 0 Å². The van der Waals surface area contributed by atoms with Gasteiger partial charge in [-0.05, 0) is 0 Å². The molecule has 10 heavy (non-hydrogen) atoms. The van der Waals surface area contributed by atoms with Crippen LogP contribution in [0.3, 0.4) is 0 Å². The van der Waals surface area contributed by atoms with Crippen LogP contribution in [0.5, 0.6) is 0 Å². The fourth-order valence-electron chi connectivity index (χ4n) is 0.429. The fourth-order valence-corrected chi connectivity index (χ4v) is 0.781. The monoisotopic (exact) mass is 184 g/mol. The Morgan fingerprint density at radius 1 is 1.60 bits per heavy atom. The Bertz CT molecular complexity index is 101. The summed E-state index contributed by atoms with van der Waals surface area (Å²) < 4.78 is 22.5. The molecule has 0 aliphatic rings. The molecule has 0 aliphatic heterocycles. The molecule has 0 aromatic heterocycles. The summed E-state index contributed by atoms with van der Waals surface area (Å²) in [7, 11) is 0. The molecule has 0 fully saturated rings. The molecule has 6 heteroatoms. The number of hydroxylamine groups is 1. The van der Waals surface area contributed by atoms with Gasteiger partial charge in [0.25, 0.3) is 0 Å². The molecule has 0 spiro atoms. The van der Waals surface area contributed by atoms with E-state index in [0.29, 0.717) is 6.54 Å². The van der Waals surface area contributed by atoms with Gasteiger partial charge < -0.3 is 0 Å². The summed E-state index contributed by atoms with van der Waals surface area (Å²) in [5.41, 5.74) is 2.37. The van der Waals surface area contributed by atoms with Crippen molar-refractivity contribution in [3.63, 3.8) is 0 Å². The quantitative estimate of drug-likeness (QED) is 0.278. The Morgan fingerprint density at radius 2 is 2.30 bits per heavy atom. The standard InChI is InChI=1S/C4H11N2O.H2O.O.Ti/c1-2-5-3-4-6-7;;;/h5-6H,2-4H2,1H3;1H2;;/q-1;;;+2/p-1. The van der Waals surface area contributed by atoms with Crippen molar-refractivity contribution >= 4 is 0 Å². The van der Waals surface area contributed by atoms with Crippen LogP contribution in [-0.4, -0.2) is 23.3 Å². The minimum absolute atomic E-state index is 0.549. The van der Waals surface area contributed by atoms with Gasteiger partial charge in [0.1, 0.15) is 0 Å². The summed E-state index contributed by atoms with van der Waals surface area (Å²) in [4.78, 5) is 0. The van der Waals surface area contributed by atoms with E-state index in [-0.39, 0.29) is 0 Å². The molecule has 0 saturated carbocycles. The third-order valence-corrected chi connectivity index (χ3v) is 1.31.